The Kier molecular flexibility index (Phi) is 8.25. The number of carbonyl (C=O) groups is 2. The molecular weight excluding hydrogens is 421 g/mol. The first-order valence-corrected chi connectivity index (χ1v) is 9.22. The van der Waals surface area contributed by atoms with Crippen molar-refractivity contribution in [2.24, 2.45) is 0 Å². The lowest BCUT2D eigenvalue weighted by Gasteiger charge is -2.11. The average Bonchev–Trinajstić information content (AvgIpc) is 2.67. The van der Waals surface area contributed by atoms with Gasteiger partial charge in [0, 0.05) is 16.1 Å². The molecule has 0 aliphatic heterocycles. The lowest BCUT2D eigenvalue weighted by atomic mass is 10.2. The summed E-state index contributed by atoms with van der Waals surface area (Å²) in [4.78, 5) is 23.6. The van der Waals surface area contributed by atoms with E-state index in [0.29, 0.717) is 15.8 Å². The zero-order chi connectivity index (χ0) is 20.5. The van der Waals surface area contributed by atoms with E-state index in [1.807, 2.05) is 6.92 Å². The van der Waals surface area contributed by atoms with Gasteiger partial charge in [0.15, 0.2) is 11.7 Å². The Balaban J connectivity index is 1.70. The Morgan fingerprint density at radius 3 is 2.50 bits per heavy atom. The monoisotopic (exact) mass is 437 g/mol. The zero-order valence-corrected chi connectivity index (χ0v) is 17.1. The molecule has 0 bridgehead atoms. The van der Waals surface area contributed by atoms with E-state index in [1.54, 1.807) is 48.5 Å². The number of thiocarbonyl (C=S) groups is 1. The minimum absolute atomic E-state index is 0.0542. The molecule has 0 aromatic heterocycles. The number of carbonyl (C=O) groups excluding carboxylic acids is 2. The van der Waals surface area contributed by atoms with Gasteiger partial charge < -0.3 is 4.74 Å². The molecular formula is C19H17Cl2N3O3S. The summed E-state index contributed by atoms with van der Waals surface area (Å²) in [6, 6.07) is 12.0. The van der Waals surface area contributed by atoms with Crippen LogP contribution in [-0.2, 0) is 9.59 Å². The van der Waals surface area contributed by atoms with Crippen LogP contribution in [0.2, 0.25) is 10.0 Å². The van der Waals surface area contributed by atoms with Crippen molar-refractivity contribution in [2.75, 3.05) is 6.61 Å². The predicted molar refractivity (Wildman–Crippen MR) is 114 cm³/mol. The van der Waals surface area contributed by atoms with Crippen molar-refractivity contribution in [2.45, 2.75) is 6.92 Å². The molecule has 9 heteroatoms. The molecule has 6 nitrogen and oxygen atoms in total. The van der Waals surface area contributed by atoms with Crippen molar-refractivity contribution in [3.05, 3.63) is 69.7 Å². The molecule has 2 rings (SSSR count). The number of aryl methyl sites for hydroxylation is 1. The van der Waals surface area contributed by atoms with Crippen LogP contribution in [0, 0.1) is 6.92 Å². The Morgan fingerprint density at radius 2 is 1.82 bits per heavy atom. The van der Waals surface area contributed by atoms with Crippen LogP contribution in [0.15, 0.2) is 48.5 Å². The summed E-state index contributed by atoms with van der Waals surface area (Å²) in [5, 5.41) is 3.57. The molecule has 146 valence electrons. The number of hydrogen-bond acceptors (Lipinski definition) is 4. The predicted octanol–water partition coefficient (Wildman–Crippen LogP) is 3.42. The maximum absolute atomic E-state index is 11.8. The average molecular weight is 438 g/mol. The van der Waals surface area contributed by atoms with Gasteiger partial charge in [-0.15, -0.1) is 0 Å². The number of rotatable bonds is 5. The second kappa shape index (κ2) is 10.7. The zero-order valence-electron chi connectivity index (χ0n) is 14.8. The van der Waals surface area contributed by atoms with Gasteiger partial charge in [-0.2, -0.15) is 0 Å². The SMILES string of the molecule is Cc1cc(OCC(=O)NNC(=S)NC(=O)/C=C/c2ccc(Cl)cc2)ccc1Cl. The van der Waals surface area contributed by atoms with Crippen LogP contribution in [0.3, 0.4) is 0 Å². The van der Waals surface area contributed by atoms with E-state index in [9.17, 15) is 9.59 Å². The molecule has 0 heterocycles. The second-order valence-electron chi connectivity index (χ2n) is 5.58. The number of halogens is 2. The number of benzene rings is 2. The Morgan fingerprint density at radius 1 is 1.11 bits per heavy atom. The summed E-state index contributed by atoms with van der Waals surface area (Å²) in [7, 11) is 0. The quantitative estimate of drug-likeness (QED) is 0.379. The van der Waals surface area contributed by atoms with Gasteiger partial charge in [0.05, 0.1) is 0 Å². The van der Waals surface area contributed by atoms with E-state index >= 15 is 0 Å². The third-order valence-corrected chi connectivity index (χ3v) is 4.23. The van der Waals surface area contributed by atoms with Crippen LogP contribution < -0.4 is 20.9 Å². The minimum atomic E-state index is -0.471. The minimum Gasteiger partial charge on any atom is -0.484 e. The lowest BCUT2D eigenvalue weighted by molar-refractivity contribution is -0.123. The van der Waals surface area contributed by atoms with Gasteiger partial charge in [0.2, 0.25) is 5.91 Å². The Hall–Kier alpha value is -2.61. The topological polar surface area (TPSA) is 79.5 Å². The summed E-state index contributed by atoms with van der Waals surface area (Å²) in [5.41, 5.74) is 6.40. The number of amides is 2. The van der Waals surface area contributed by atoms with E-state index < -0.39 is 11.8 Å². The fourth-order valence-corrected chi connectivity index (χ4v) is 2.34. The van der Waals surface area contributed by atoms with E-state index in [1.165, 1.54) is 6.08 Å². The smallest absolute Gasteiger partial charge is 0.276 e. The third-order valence-electron chi connectivity index (χ3n) is 3.35. The molecule has 0 aliphatic rings. The van der Waals surface area contributed by atoms with Gasteiger partial charge in [0.25, 0.3) is 5.91 Å². The molecule has 3 N–H and O–H groups in total. The molecule has 0 fully saturated rings. The molecule has 2 aromatic carbocycles. The molecule has 2 amide bonds. The van der Waals surface area contributed by atoms with Gasteiger partial charge >= 0.3 is 0 Å². The first kappa shape index (κ1) is 21.7. The van der Waals surface area contributed by atoms with E-state index in [-0.39, 0.29) is 11.7 Å². The summed E-state index contributed by atoms with van der Waals surface area (Å²) in [6.07, 6.45) is 2.92. The summed E-state index contributed by atoms with van der Waals surface area (Å²) in [5.74, 6) is -0.407. The van der Waals surface area contributed by atoms with Crippen LogP contribution in [0.5, 0.6) is 5.75 Å². The van der Waals surface area contributed by atoms with Gasteiger partial charge in [-0.3, -0.25) is 25.8 Å². The number of hydrogen-bond donors (Lipinski definition) is 3. The van der Waals surface area contributed by atoms with E-state index in [4.69, 9.17) is 40.2 Å². The van der Waals surface area contributed by atoms with Crippen molar-refractivity contribution in [3.63, 3.8) is 0 Å². The molecule has 28 heavy (non-hydrogen) atoms. The lowest BCUT2D eigenvalue weighted by Crippen LogP contribution is -2.49. The highest BCUT2D eigenvalue weighted by Crippen LogP contribution is 2.20. The maximum Gasteiger partial charge on any atom is 0.276 e. The summed E-state index contributed by atoms with van der Waals surface area (Å²) < 4.78 is 5.35. The van der Waals surface area contributed by atoms with Gasteiger partial charge in [0.1, 0.15) is 5.75 Å². The van der Waals surface area contributed by atoms with Gasteiger partial charge in [-0.25, -0.2) is 0 Å². The van der Waals surface area contributed by atoms with Gasteiger partial charge in [-0.05, 0) is 66.7 Å². The van der Waals surface area contributed by atoms with Gasteiger partial charge in [-0.1, -0.05) is 35.3 Å². The number of ether oxygens (including phenoxy) is 1. The normalized spacial score (nSPS) is 10.4. The first-order chi connectivity index (χ1) is 13.3. The molecule has 0 spiro atoms. The second-order valence-corrected chi connectivity index (χ2v) is 6.83. The molecule has 0 atom stereocenters. The largest absolute Gasteiger partial charge is 0.484 e. The molecule has 0 saturated carbocycles. The molecule has 0 unspecified atom stereocenters. The van der Waals surface area contributed by atoms with Crippen LogP contribution in [0.25, 0.3) is 6.08 Å². The first-order valence-electron chi connectivity index (χ1n) is 8.06. The van der Waals surface area contributed by atoms with Crippen molar-refractivity contribution >= 4 is 58.4 Å². The Bertz CT molecular complexity index is 902. The van der Waals surface area contributed by atoms with E-state index in [2.05, 4.69) is 16.2 Å². The van der Waals surface area contributed by atoms with Crippen molar-refractivity contribution in [1.29, 1.82) is 0 Å². The molecule has 0 saturated heterocycles. The summed E-state index contributed by atoms with van der Waals surface area (Å²) in [6.45, 7) is 1.60. The number of nitrogens with one attached hydrogen (secondary N) is 3. The van der Waals surface area contributed by atoms with Crippen LogP contribution in [0.4, 0.5) is 0 Å². The molecule has 2 aromatic rings. The number of hydrazine groups is 1. The maximum atomic E-state index is 11.8. The van der Waals surface area contributed by atoms with Crippen molar-refractivity contribution < 1.29 is 14.3 Å². The molecule has 0 aliphatic carbocycles. The molecule has 0 radical (unpaired) electrons. The van der Waals surface area contributed by atoms with Crippen molar-refractivity contribution in [1.82, 2.24) is 16.2 Å². The van der Waals surface area contributed by atoms with Crippen molar-refractivity contribution in [3.8, 4) is 5.75 Å². The van der Waals surface area contributed by atoms with Crippen LogP contribution >= 0.6 is 35.4 Å². The van der Waals surface area contributed by atoms with E-state index in [0.717, 1.165) is 11.1 Å². The van der Waals surface area contributed by atoms with Crippen LogP contribution in [0.1, 0.15) is 11.1 Å². The highest BCUT2D eigenvalue weighted by molar-refractivity contribution is 7.80. The highest BCUT2D eigenvalue weighted by Gasteiger charge is 2.06. The fourth-order valence-electron chi connectivity index (χ4n) is 1.95. The highest BCUT2D eigenvalue weighted by atomic mass is 35.5. The standard InChI is InChI=1S/C19H17Cl2N3O3S/c1-12-10-15(7-8-16(12)21)27-11-18(26)23-24-19(28)22-17(25)9-4-13-2-5-14(20)6-3-13/h2-10H,11H2,1H3,(H,23,26)(H2,22,24,25,28)/b9-4+. The fraction of sp³-hybridized carbons (Fsp3) is 0.105. The summed E-state index contributed by atoms with van der Waals surface area (Å²) >= 11 is 16.7. The third kappa shape index (κ3) is 7.56. The Labute approximate surface area is 177 Å². The van der Waals surface area contributed by atoms with Crippen LogP contribution in [-0.4, -0.2) is 23.5 Å².